The van der Waals surface area contributed by atoms with Crippen molar-refractivity contribution in [1.82, 2.24) is 16.0 Å². The molecule has 0 radical (unpaired) electrons. The molecule has 0 aliphatic carbocycles. The molecular formula is C30H43N3O8. The number of carbonyl (C=O) groups is 2. The van der Waals surface area contributed by atoms with Gasteiger partial charge in [0, 0.05) is 13.1 Å². The van der Waals surface area contributed by atoms with Crippen molar-refractivity contribution in [3.05, 3.63) is 71.8 Å². The zero-order valence-corrected chi connectivity index (χ0v) is 23.9. The zero-order valence-electron chi connectivity index (χ0n) is 23.9. The lowest BCUT2D eigenvalue weighted by Crippen LogP contribution is -2.53. The first-order valence-electron chi connectivity index (χ1n) is 13.9. The van der Waals surface area contributed by atoms with Gasteiger partial charge in [-0.2, -0.15) is 0 Å². The maximum Gasteiger partial charge on any atom is 0.407 e. The molecule has 226 valence electrons. The predicted octanol–water partition coefficient (Wildman–Crippen LogP) is 1.53. The van der Waals surface area contributed by atoms with E-state index in [0.29, 0.717) is 12.8 Å². The van der Waals surface area contributed by atoms with Crippen molar-refractivity contribution in [2.24, 2.45) is 0 Å². The number of rotatable bonds is 13. The number of aliphatic hydroxyl groups is 3. The van der Waals surface area contributed by atoms with Gasteiger partial charge in [0.25, 0.3) is 0 Å². The highest BCUT2D eigenvalue weighted by Gasteiger charge is 2.31. The molecule has 1 aliphatic heterocycles. The quantitative estimate of drug-likeness (QED) is 0.209. The molecule has 0 bridgehead atoms. The summed E-state index contributed by atoms with van der Waals surface area (Å²) in [6.07, 6.45) is -4.47. The maximum atomic E-state index is 12.6. The summed E-state index contributed by atoms with van der Waals surface area (Å²) in [5.74, 6) is 0. The summed E-state index contributed by atoms with van der Waals surface area (Å²) < 4.78 is 15.8. The Kier molecular flexibility index (Phi) is 12.4. The lowest BCUT2D eigenvalue weighted by atomic mass is 10.00. The smallest absolute Gasteiger partial charge is 0.407 e. The molecule has 6 N–H and O–H groups in total. The van der Waals surface area contributed by atoms with Crippen LogP contribution in [0.2, 0.25) is 0 Å². The van der Waals surface area contributed by atoms with Crippen LogP contribution in [0.5, 0.6) is 0 Å². The first-order valence-corrected chi connectivity index (χ1v) is 13.9. The van der Waals surface area contributed by atoms with E-state index in [1.165, 1.54) is 0 Å². The van der Waals surface area contributed by atoms with E-state index in [-0.39, 0.29) is 26.3 Å². The van der Waals surface area contributed by atoms with Crippen molar-refractivity contribution in [2.75, 3.05) is 26.3 Å². The Morgan fingerprint density at radius 3 is 1.78 bits per heavy atom. The maximum absolute atomic E-state index is 12.6. The first-order chi connectivity index (χ1) is 19.5. The van der Waals surface area contributed by atoms with Crippen LogP contribution in [0.4, 0.5) is 9.59 Å². The Balaban J connectivity index is 1.59. The van der Waals surface area contributed by atoms with Gasteiger partial charge in [-0.25, -0.2) is 9.59 Å². The second-order valence-electron chi connectivity index (χ2n) is 11.2. The Morgan fingerprint density at radius 2 is 1.34 bits per heavy atom. The molecule has 0 spiro atoms. The summed E-state index contributed by atoms with van der Waals surface area (Å²) >= 11 is 0. The van der Waals surface area contributed by atoms with E-state index in [0.717, 1.165) is 11.1 Å². The molecule has 1 aliphatic rings. The van der Waals surface area contributed by atoms with Crippen molar-refractivity contribution in [3.63, 3.8) is 0 Å². The van der Waals surface area contributed by atoms with E-state index in [2.05, 4.69) is 16.0 Å². The van der Waals surface area contributed by atoms with Crippen LogP contribution in [-0.4, -0.2) is 95.9 Å². The standard InChI is InChI=1S/C30H43N3O8/c1-30(2,3)41-29(38)33-23(15-21-12-8-5-9-13-21)25(35)17-31-16-24(34)22(14-20-10-6-4-7-11-20)32-28(37)40-27-19-39-18-26(27)36/h4-13,22-27,31,34-36H,14-19H2,1-3H3,(H,32,37)(H,33,38)/t22-,23-,24+,25+,26-,27?/m0/s1. The molecule has 2 aromatic carbocycles. The fourth-order valence-electron chi connectivity index (χ4n) is 4.38. The number of benzene rings is 2. The molecule has 1 heterocycles. The van der Waals surface area contributed by atoms with Crippen LogP contribution < -0.4 is 16.0 Å². The third kappa shape index (κ3) is 11.7. The summed E-state index contributed by atoms with van der Waals surface area (Å²) in [6, 6.07) is 17.4. The molecule has 1 saturated heterocycles. The molecule has 2 aromatic rings. The molecular weight excluding hydrogens is 530 g/mol. The number of hydrogen-bond donors (Lipinski definition) is 6. The topological polar surface area (TPSA) is 159 Å². The van der Waals surface area contributed by atoms with Crippen LogP contribution in [0.1, 0.15) is 31.9 Å². The minimum absolute atomic E-state index is 0.0362. The van der Waals surface area contributed by atoms with E-state index in [4.69, 9.17) is 14.2 Å². The van der Waals surface area contributed by atoms with Gasteiger partial charge in [0.15, 0.2) is 6.10 Å². The number of alkyl carbamates (subject to hydrolysis) is 2. The van der Waals surface area contributed by atoms with Gasteiger partial charge in [-0.05, 0) is 44.7 Å². The van der Waals surface area contributed by atoms with Gasteiger partial charge >= 0.3 is 12.2 Å². The fraction of sp³-hybridized carbons (Fsp3) is 0.533. The Bertz CT molecular complexity index is 1070. The highest BCUT2D eigenvalue weighted by Crippen LogP contribution is 2.13. The lowest BCUT2D eigenvalue weighted by molar-refractivity contribution is 0.0264. The van der Waals surface area contributed by atoms with Gasteiger partial charge in [-0.1, -0.05) is 60.7 Å². The third-order valence-electron chi connectivity index (χ3n) is 6.50. The van der Waals surface area contributed by atoms with Gasteiger partial charge in [0.05, 0.1) is 37.5 Å². The SMILES string of the molecule is CC(C)(C)OC(=O)N[C@@H](Cc1ccccc1)[C@H](O)CNC[C@@H](O)[C@H](Cc1ccccc1)NC(=O)OC1COC[C@@H]1O. The molecule has 6 atom stereocenters. The fourth-order valence-corrected chi connectivity index (χ4v) is 4.38. The van der Waals surface area contributed by atoms with E-state index >= 15 is 0 Å². The largest absolute Gasteiger partial charge is 0.444 e. The van der Waals surface area contributed by atoms with Gasteiger partial charge < -0.3 is 45.5 Å². The highest BCUT2D eigenvalue weighted by atomic mass is 16.6. The average Bonchev–Trinajstić information content (AvgIpc) is 3.31. The lowest BCUT2D eigenvalue weighted by Gasteiger charge is -2.28. The van der Waals surface area contributed by atoms with E-state index in [9.17, 15) is 24.9 Å². The van der Waals surface area contributed by atoms with Crippen molar-refractivity contribution in [1.29, 1.82) is 0 Å². The molecule has 41 heavy (non-hydrogen) atoms. The molecule has 0 saturated carbocycles. The van der Waals surface area contributed by atoms with Gasteiger partial charge in [-0.3, -0.25) is 0 Å². The summed E-state index contributed by atoms with van der Waals surface area (Å²) in [6.45, 7) is 5.56. The Labute approximate surface area is 241 Å². The van der Waals surface area contributed by atoms with E-state index in [1.807, 2.05) is 60.7 Å². The summed E-state index contributed by atoms with van der Waals surface area (Å²) in [7, 11) is 0. The molecule has 0 aromatic heterocycles. The molecule has 1 fully saturated rings. The minimum Gasteiger partial charge on any atom is -0.444 e. The number of ether oxygens (including phenoxy) is 3. The minimum atomic E-state index is -1.05. The van der Waals surface area contributed by atoms with Crippen molar-refractivity contribution in [2.45, 2.75) is 75.7 Å². The molecule has 11 nitrogen and oxygen atoms in total. The van der Waals surface area contributed by atoms with Crippen LogP contribution in [0, 0.1) is 0 Å². The highest BCUT2D eigenvalue weighted by molar-refractivity contribution is 5.68. The Morgan fingerprint density at radius 1 is 0.854 bits per heavy atom. The van der Waals surface area contributed by atoms with Crippen LogP contribution in [0.15, 0.2) is 60.7 Å². The van der Waals surface area contributed by atoms with Gasteiger partial charge in [0.2, 0.25) is 0 Å². The number of nitrogens with one attached hydrogen (secondary N) is 3. The van der Waals surface area contributed by atoms with Crippen molar-refractivity contribution >= 4 is 12.2 Å². The van der Waals surface area contributed by atoms with Crippen LogP contribution in [0.3, 0.4) is 0 Å². The number of hydrogen-bond acceptors (Lipinski definition) is 9. The molecule has 11 heteroatoms. The van der Waals surface area contributed by atoms with E-state index < -0.39 is 54.3 Å². The zero-order chi connectivity index (χ0) is 29.8. The Hall–Kier alpha value is -3.22. The van der Waals surface area contributed by atoms with Crippen molar-refractivity contribution in [3.8, 4) is 0 Å². The second kappa shape index (κ2) is 15.7. The molecule has 2 amide bonds. The summed E-state index contributed by atoms with van der Waals surface area (Å²) in [5.41, 5.74) is 1.13. The molecule has 3 rings (SSSR count). The summed E-state index contributed by atoms with van der Waals surface area (Å²) in [5, 5.41) is 40.4. The van der Waals surface area contributed by atoms with E-state index in [1.54, 1.807) is 20.8 Å². The monoisotopic (exact) mass is 573 g/mol. The van der Waals surface area contributed by atoms with Gasteiger partial charge in [0.1, 0.15) is 11.7 Å². The van der Waals surface area contributed by atoms with Crippen LogP contribution >= 0.6 is 0 Å². The average molecular weight is 574 g/mol. The predicted molar refractivity (Wildman–Crippen MR) is 152 cm³/mol. The number of amides is 2. The van der Waals surface area contributed by atoms with Crippen LogP contribution in [0.25, 0.3) is 0 Å². The third-order valence-corrected chi connectivity index (χ3v) is 6.50. The molecule has 1 unspecified atom stereocenters. The number of aliphatic hydroxyl groups excluding tert-OH is 3. The first kappa shape index (κ1) is 32.3. The summed E-state index contributed by atoms with van der Waals surface area (Å²) in [4.78, 5) is 25.0. The second-order valence-corrected chi connectivity index (χ2v) is 11.2. The van der Waals surface area contributed by atoms with Crippen molar-refractivity contribution < 1.29 is 39.1 Å². The number of carbonyl (C=O) groups excluding carboxylic acids is 2. The van der Waals surface area contributed by atoms with Gasteiger partial charge in [-0.15, -0.1) is 0 Å². The van der Waals surface area contributed by atoms with Crippen LogP contribution in [-0.2, 0) is 27.1 Å². The normalized spacial score (nSPS) is 20.0.